The zero-order valence-corrected chi connectivity index (χ0v) is 12.4. The Kier molecular flexibility index (Phi) is 7.94. The molecule has 0 saturated carbocycles. The first-order chi connectivity index (χ1) is 10.1. The van der Waals surface area contributed by atoms with Crippen molar-refractivity contribution < 1.29 is 19.4 Å². The van der Waals surface area contributed by atoms with E-state index in [-0.39, 0.29) is 12.3 Å². The highest BCUT2D eigenvalue weighted by molar-refractivity contribution is 5.96. The number of para-hydroxylation sites is 1. The second-order valence-electron chi connectivity index (χ2n) is 4.78. The molecule has 0 bridgehead atoms. The van der Waals surface area contributed by atoms with Crippen LogP contribution >= 0.6 is 0 Å². The van der Waals surface area contributed by atoms with Crippen molar-refractivity contribution in [1.29, 1.82) is 0 Å². The summed E-state index contributed by atoms with van der Waals surface area (Å²) in [6, 6.07) is 7.06. The Morgan fingerprint density at radius 2 is 1.95 bits per heavy atom. The van der Waals surface area contributed by atoms with Crippen molar-refractivity contribution in [3.05, 3.63) is 29.8 Å². The number of amides is 1. The fraction of sp³-hybridized carbons (Fsp3) is 0.500. The summed E-state index contributed by atoms with van der Waals surface area (Å²) in [7, 11) is 0. The lowest BCUT2D eigenvalue weighted by Gasteiger charge is -2.11. The van der Waals surface area contributed by atoms with E-state index in [4.69, 9.17) is 4.74 Å². The minimum absolute atomic E-state index is 0.0601. The molecule has 0 atom stereocenters. The molecule has 1 aromatic rings. The van der Waals surface area contributed by atoms with E-state index in [1.54, 1.807) is 18.2 Å². The van der Waals surface area contributed by atoms with Gasteiger partial charge in [-0.1, -0.05) is 31.9 Å². The quantitative estimate of drug-likeness (QED) is 0.663. The minimum Gasteiger partial charge on any atom is -0.550 e. The predicted octanol–water partition coefficient (Wildman–Crippen LogP) is 1.52. The summed E-state index contributed by atoms with van der Waals surface area (Å²) in [5.74, 6) is -0.797. The maximum Gasteiger partial charge on any atom is 0.255 e. The van der Waals surface area contributed by atoms with Gasteiger partial charge in [-0.05, 0) is 31.4 Å². The smallest absolute Gasteiger partial charge is 0.255 e. The van der Waals surface area contributed by atoms with Crippen LogP contribution in [0.2, 0.25) is 0 Å². The van der Waals surface area contributed by atoms with E-state index < -0.39 is 5.97 Å². The van der Waals surface area contributed by atoms with Crippen molar-refractivity contribution in [3.8, 4) is 5.75 Å². The van der Waals surface area contributed by atoms with Gasteiger partial charge in [-0.2, -0.15) is 0 Å². The van der Waals surface area contributed by atoms with Crippen LogP contribution in [0.15, 0.2) is 24.3 Å². The molecule has 0 heterocycles. The molecule has 116 valence electrons. The van der Waals surface area contributed by atoms with Crippen molar-refractivity contribution in [2.24, 2.45) is 0 Å². The number of carboxylic acid groups (broad SMARTS) is 1. The standard InChI is InChI=1S/C16H23NO4/c1-2-3-6-12-21-14-9-5-4-8-13(14)16(20)17-11-7-10-15(18)19/h4-5,8-9H,2-3,6-7,10-12H2,1H3,(H,17,20)(H,18,19)/p-1. The third-order valence-corrected chi connectivity index (χ3v) is 2.98. The Bertz CT molecular complexity index is 459. The molecule has 0 aliphatic rings. The first-order valence-corrected chi connectivity index (χ1v) is 7.35. The van der Waals surface area contributed by atoms with E-state index in [0.717, 1.165) is 19.3 Å². The number of aliphatic carboxylic acids is 1. The van der Waals surface area contributed by atoms with E-state index in [1.165, 1.54) is 0 Å². The number of hydrogen-bond acceptors (Lipinski definition) is 4. The molecule has 21 heavy (non-hydrogen) atoms. The molecule has 0 radical (unpaired) electrons. The summed E-state index contributed by atoms with van der Waals surface area (Å²) >= 11 is 0. The van der Waals surface area contributed by atoms with Gasteiger partial charge in [0.25, 0.3) is 5.91 Å². The Labute approximate surface area is 125 Å². The van der Waals surface area contributed by atoms with Gasteiger partial charge in [-0.25, -0.2) is 0 Å². The predicted molar refractivity (Wildman–Crippen MR) is 78.0 cm³/mol. The van der Waals surface area contributed by atoms with Gasteiger partial charge in [-0.3, -0.25) is 4.79 Å². The Morgan fingerprint density at radius 3 is 2.67 bits per heavy atom. The van der Waals surface area contributed by atoms with Gasteiger partial charge in [0, 0.05) is 12.5 Å². The fourth-order valence-electron chi connectivity index (χ4n) is 1.84. The zero-order chi connectivity index (χ0) is 15.5. The highest BCUT2D eigenvalue weighted by Gasteiger charge is 2.11. The molecule has 1 rings (SSSR count). The van der Waals surface area contributed by atoms with Crippen LogP contribution in [0.1, 0.15) is 49.4 Å². The summed E-state index contributed by atoms with van der Waals surface area (Å²) in [6.45, 7) is 3.01. The molecule has 1 amide bonds. The Morgan fingerprint density at radius 1 is 1.19 bits per heavy atom. The SMILES string of the molecule is CCCCCOc1ccccc1C(=O)NCCCC(=O)[O-]. The van der Waals surface area contributed by atoms with Crippen LogP contribution in [0.4, 0.5) is 0 Å². The first-order valence-electron chi connectivity index (χ1n) is 7.35. The molecule has 5 heteroatoms. The van der Waals surface area contributed by atoms with Crippen LogP contribution in [0.3, 0.4) is 0 Å². The number of carboxylic acids is 1. The second-order valence-corrected chi connectivity index (χ2v) is 4.78. The van der Waals surface area contributed by atoms with Gasteiger partial charge in [0.2, 0.25) is 0 Å². The Hall–Kier alpha value is -2.04. The monoisotopic (exact) mass is 292 g/mol. The topological polar surface area (TPSA) is 78.5 Å². The number of ether oxygens (including phenoxy) is 1. The largest absolute Gasteiger partial charge is 0.550 e. The van der Waals surface area contributed by atoms with Crippen LogP contribution in [-0.2, 0) is 4.79 Å². The summed E-state index contributed by atoms with van der Waals surface area (Å²) in [4.78, 5) is 22.3. The Balaban J connectivity index is 2.48. The summed E-state index contributed by atoms with van der Waals surface area (Å²) in [6.07, 6.45) is 3.46. The molecule has 0 aliphatic heterocycles. The third kappa shape index (κ3) is 6.79. The zero-order valence-electron chi connectivity index (χ0n) is 12.4. The highest BCUT2D eigenvalue weighted by atomic mass is 16.5. The van der Waals surface area contributed by atoms with Crippen LogP contribution in [0.5, 0.6) is 5.75 Å². The number of benzene rings is 1. The number of rotatable bonds is 10. The van der Waals surface area contributed by atoms with Gasteiger partial charge in [0.1, 0.15) is 5.75 Å². The molecule has 0 aliphatic carbocycles. The van der Waals surface area contributed by atoms with Gasteiger partial charge >= 0.3 is 0 Å². The van der Waals surface area contributed by atoms with Crippen molar-refractivity contribution in [3.63, 3.8) is 0 Å². The number of carbonyl (C=O) groups is 2. The first kappa shape index (κ1) is 17.0. The molecule has 1 aromatic carbocycles. The van der Waals surface area contributed by atoms with Crippen molar-refractivity contribution >= 4 is 11.9 Å². The average Bonchev–Trinajstić information content (AvgIpc) is 2.48. The maximum absolute atomic E-state index is 12.0. The lowest BCUT2D eigenvalue weighted by atomic mass is 10.2. The summed E-state index contributed by atoms with van der Waals surface area (Å²) in [5.41, 5.74) is 0.474. The normalized spacial score (nSPS) is 10.1. The third-order valence-electron chi connectivity index (χ3n) is 2.98. The van der Waals surface area contributed by atoms with E-state index in [1.807, 2.05) is 6.07 Å². The summed E-state index contributed by atoms with van der Waals surface area (Å²) < 4.78 is 5.64. The molecule has 0 aromatic heterocycles. The van der Waals surface area contributed by atoms with Gasteiger partial charge in [0.15, 0.2) is 0 Å². The van der Waals surface area contributed by atoms with E-state index in [0.29, 0.717) is 30.9 Å². The molecule has 0 spiro atoms. The molecular weight excluding hydrogens is 270 g/mol. The van der Waals surface area contributed by atoms with Crippen LogP contribution in [0.25, 0.3) is 0 Å². The van der Waals surface area contributed by atoms with Gasteiger partial charge < -0.3 is 20.0 Å². The molecule has 0 saturated heterocycles. The number of unbranched alkanes of at least 4 members (excludes halogenated alkanes) is 2. The van der Waals surface area contributed by atoms with Crippen molar-refractivity contribution in [1.82, 2.24) is 5.32 Å². The lowest BCUT2D eigenvalue weighted by Crippen LogP contribution is -2.27. The van der Waals surface area contributed by atoms with Crippen LogP contribution in [-0.4, -0.2) is 25.0 Å². The average molecular weight is 292 g/mol. The molecule has 1 N–H and O–H groups in total. The molecular formula is C16H22NO4-. The fourth-order valence-corrected chi connectivity index (χ4v) is 1.84. The number of nitrogens with one attached hydrogen (secondary N) is 1. The van der Waals surface area contributed by atoms with E-state index in [9.17, 15) is 14.7 Å². The second kappa shape index (κ2) is 9.80. The van der Waals surface area contributed by atoms with Gasteiger partial charge in [-0.15, -0.1) is 0 Å². The van der Waals surface area contributed by atoms with Crippen LogP contribution in [0, 0.1) is 0 Å². The van der Waals surface area contributed by atoms with Crippen molar-refractivity contribution in [2.45, 2.75) is 39.0 Å². The lowest BCUT2D eigenvalue weighted by molar-refractivity contribution is -0.305. The molecule has 5 nitrogen and oxygen atoms in total. The molecule has 0 unspecified atom stereocenters. The summed E-state index contributed by atoms with van der Waals surface area (Å²) in [5, 5.41) is 13.0. The van der Waals surface area contributed by atoms with E-state index >= 15 is 0 Å². The minimum atomic E-state index is -1.11. The van der Waals surface area contributed by atoms with Crippen LogP contribution < -0.4 is 15.2 Å². The highest BCUT2D eigenvalue weighted by Crippen LogP contribution is 2.18. The van der Waals surface area contributed by atoms with E-state index in [2.05, 4.69) is 12.2 Å². The van der Waals surface area contributed by atoms with Crippen molar-refractivity contribution in [2.75, 3.05) is 13.2 Å². The maximum atomic E-state index is 12.0. The number of carbonyl (C=O) groups excluding carboxylic acids is 2. The molecule has 0 fully saturated rings. The number of hydrogen-bond donors (Lipinski definition) is 1. The van der Waals surface area contributed by atoms with Gasteiger partial charge in [0.05, 0.1) is 12.2 Å².